The monoisotopic (exact) mass is 282 g/mol. The number of carbonyl (C=O) groups excluding carboxylic acids is 1. The topological polar surface area (TPSA) is 72.9 Å². The van der Waals surface area contributed by atoms with Gasteiger partial charge in [-0.05, 0) is 24.6 Å². The van der Waals surface area contributed by atoms with Gasteiger partial charge in [0, 0.05) is 25.4 Å². The van der Waals surface area contributed by atoms with E-state index in [1.807, 2.05) is 31.2 Å². The molecule has 0 unspecified atom stereocenters. The Balaban J connectivity index is 1.96. The van der Waals surface area contributed by atoms with Crippen LogP contribution in [0.4, 0.5) is 0 Å². The number of nitrogens with one attached hydrogen (secondary N) is 1. The molecular formula is C16H18N4O. The molecule has 0 aliphatic rings. The van der Waals surface area contributed by atoms with Crippen molar-refractivity contribution in [3.8, 4) is 11.8 Å². The average Bonchev–Trinajstić information content (AvgIpc) is 2.82. The molecule has 0 atom stereocenters. The lowest BCUT2D eigenvalue weighted by Crippen LogP contribution is -2.23. The molecular weight excluding hydrogens is 264 g/mol. The number of aryl methyl sites for hydroxylation is 2. The van der Waals surface area contributed by atoms with Gasteiger partial charge in [0.05, 0.1) is 17.8 Å². The number of nitrogens with two attached hydrogens (primary N) is 1. The summed E-state index contributed by atoms with van der Waals surface area (Å²) in [5, 5.41) is 7.04. The summed E-state index contributed by atoms with van der Waals surface area (Å²) in [6, 6.07) is 7.72. The van der Waals surface area contributed by atoms with Crippen molar-refractivity contribution >= 4 is 5.91 Å². The molecule has 0 aliphatic carbocycles. The zero-order chi connectivity index (χ0) is 15.2. The van der Waals surface area contributed by atoms with Gasteiger partial charge in [-0.15, -0.1) is 0 Å². The lowest BCUT2D eigenvalue weighted by molar-refractivity contribution is 0.0950. The zero-order valence-corrected chi connectivity index (χ0v) is 12.2. The highest BCUT2D eigenvalue weighted by Gasteiger charge is 2.11. The summed E-state index contributed by atoms with van der Waals surface area (Å²) in [6.07, 6.45) is 1.72. The van der Waals surface area contributed by atoms with Gasteiger partial charge in [0.2, 0.25) is 0 Å². The lowest BCUT2D eigenvalue weighted by atomic mass is 10.1. The molecule has 2 rings (SSSR count). The second kappa shape index (κ2) is 6.73. The number of rotatable bonds is 3. The molecule has 5 heteroatoms. The van der Waals surface area contributed by atoms with Crippen molar-refractivity contribution in [2.24, 2.45) is 12.8 Å². The van der Waals surface area contributed by atoms with Crippen LogP contribution in [0.25, 0.3) is 0 Å². The maximum Gasteiger partial charge on any atom is 0.255 e. The van der Waals surface area contributed by atoms with E-state index in [1.54, 1.807) is 17.9 Å². The highest BCUT2D eigenvalue weighted by Crippen LogP contribution is 2.06. The Labute approximate surface area is 124 Å². The van der Waals surface area contributed by atoms with Crippen LogP contribution in [0.15, 0.2) is 30.5 Å². The van der Waals surface area contributed by atoms with Crippen LogP contribution in [-0.2, 0) is 13.6 Å². The maximum absolute atomic E-state index is 12.1. The fourth-order valence-electron chi connectivity index (χ4n) is 1.96. The molecule has 0 saturated heterocycles. The molecule has 2 aromatic rings. The van der Waals surface area contributed by atoms with E-state index in [2.05, 4.69) is 22.3 Å². The van der Waals surface area contributed by atoms with Crippen LogP contribution in [0.3, 0.4) is 0 Å². The molecule has 0 spiro atoms. The Kier molecular flexibility index (Phi) is 4.75. The van der Waals surface area contributed by atoms with Crippen LogP contribution in [0, 0.1) is 18.8 Å². The van der Waals surface area contributed by atoms with Gasteiger partial charge in [0.25, 0.3) is 5.91 Å². The first-order valence-electron chi connectivity index (χ1n) is 6.66. The van der Waals surface area contributed by atoms with Gasteiger partial charge >= 0.3 is 0 Å². The van der Waals surface area contributed by atoms with E-state index >= 15 is 0 Å². The van der Waals surface area contributed by atoms with E-state index in [4.69, 9.17) is 5.73 Å². The summed E-state index contributed by atoms with van der Waals surface area (Å²) in [6.45, 7) is 2.64. The summed E-state index contributed by atoms with van der Waals surface area (Å²) < 4.78 is 1.63. The molecule has 0 bridgehead atoms. The van der Waals surface area contributed by atoms with Crippen molar-refractivity contribution in [1.29, 1.82) is 0 Å². The van der Waals surface area contributed by atoms with E-state index < -0.39 is 0 Å². The maximum atomic E-state index is 12.1. The van der Waals surface area contributed by atoms with Gasteiger partial charge in [-0.2, -0.15) is 5.10 Å². The van der Waals surface area contributed by atoms with Crippen LogP contribution in [0.5, 0.6) is 0 Å². The molecule has 5 nitrogen and oxygen atoms in total. The third-order valence-electron chi connectivity index (χ3n) is 3.00. The standard InChI is InChI=1S/C16H18N4O/c1-12-15(11-20(2)19-12)16(21)18-10-14-7-5-13(6-8-14)4-3-9-17/h5-8,11H,9-10,17H2,1-2H3,(H,18,21). The molecule has 1 heterocycles. The summed E-state index contributed by atoms with van der Waals surface area (Å²) in [5.74, 6) is 5.64. The normalized spacial score (nSPS) is 9.86. The van der Waals surface area contributed by atoms with Crippen LogP contribution in [0.2, 0.25) is 0 Å². The van der Waals surface area contributed by atoms with Gasteiger partial charge in [-0.1, -0.05) is 24.0 Å². The van der Waals surface area contributed by atoms with Gasteiger partial charge in [0.15, 0.2) is 0 Å². The number of hydrogen-bond acceptors (Lipinski definition) is 3. The van der Waals surface area contributed by atoms with Crippen molar-refractivity contribution in [2.75, 3.05) is 6.54 Å². The minimum atomic E-state index is -0.118. The van der Waals surface area contributed by atoms with Gasteiger partial charge in [-0.25, -0.2) is 0 Å². The van der Waals surface area contributed by atoms with Gasteiger partial charge in [-0.3, -0.25) is 9.48 Å². The second-order valence-electron chi connectivity index (χ2n) is 4.69. The Morgan fingerprint density at radius 3 is 2.67 bits per heavy atom. The van der Waals surface area contributed by atoms with Crippen molar-refractivity contribution in [3.63, 3.8) is 0 Å². The van der Waals surface area contributed by atoms with Crippen molar-refractivity contribution in [2.45, 2.75) is 13.5 Å². The number of carbonyl (C=O) groups is 1. The van der Waals surface area contributed by atoms with Gasteiger partial charge in [0.1, 0.15) is 0 Å². The Morgan fingerprint density at radius 1 is 1.38 bits per heavy atom. The van der Waals surface area contributed by atoms with E-state index in [0.717, 1.165) is 16.8 Å². The summed E-state index contributed by atoms with van der Waals surface area (Å²) >= 11 is 0. The molecule has 1 amide bonds. The Bertz CT molecular complexity index is 689. The molecule has 0 radical (unpaired) electrons. The fraction of sp³-hybridized carbons (Fsp3) is 0.250. The van der Waals surface area contributed by atoms with Crippen molar-refractivity contribution < 1.29 is 4.79 Å². The molecule has 108 valence electrons. The number of nitrogens with zero attached hydrogens (tertiary/aromatic N) is 2. The summed E-state index contributed by atoms with van der Waals surface area (Å²) in [5.41, 5.74) is 8.59. The lowest BCUT2D eigenvalue weighted by Gasteiger charge is -2.04. The molecule has 21 heavy (non-hydrogen) atoms. The molecule has 3 N–H and O–H groups in total. The average molecular weight is 282 g/mol. The van der Waals surface area contributed by atoms with E-state index in [0.29, 0.717) is 18.7 Å². The first-order chi connectivity index (χ1) is 10.1. The largest absolute Gasteiger partial charge is 0.348 e. The van der Waals surface area contributed by atoms with Crippen molar-refractivity contribution in [3.05, 3.63) is 52.8 Å². The number of amides is 1. The van der Waals surface area contributed by atoms with Gasteiger partial charge < -0.3 is 11.1 Å². The summed E-state index contributed by atoms with van der Waals surface area (Å²) in [4.78, 5) is 12.1. The molecule has 0 saturated carbocycles. The first-order valence-corrected chi connectivity index (χ1v) is 6.66. The first kappa shape index (κ1) is 14.8. The molecule has 0 fully saturated rings. The molecule has 1 aromatic carbocycles. The number of aromatic nitrogens is 2. The SMILES string of the molecule is Cc1nn(C)cc1C(=O)NCc1ccc(C#CCN)cc1. The van der Waals surface area contributed by atoms with E-state index in [1.165, 1.54) is 0 Å². The predicted molar refractivity (Wildman–Crippen MR) is 81.5 cm³/mol. The molecule has 0 aliphatic heterocycles. The van der Waals surface area contributed by atoms with Crippen LogP contribution >= 0.6 is 0 Å². The van der Waals surface area contributed by atoms with Crippen LogP contribution in [0.1, 0.15) is 27.2 Å². The quantitative estimate of drug-likeness (QED) is 0.824. The third kappa shape index (κ3) is 3.94. The Morgan fingerprint density at radius 2 is 2.10 bits per heavy atom. The zero-order valence-electron chi connectivity index (χ0n) is 12.2. The number of benzene rings is 1. The highest BCUT2D eigenvalue weighted by atomic mass is 16.1. The predicted octanol–water partition coefficient (Wildman–Crippen LogP) is 0.969. The third-order valence-corrected chi connectivity index (χ3v) is 3.00. The van der Waals surface area contributed by atoms with E-state index in [9.17, 15) is 4.79 Å². The highest BCUT2D eigenvalue weighted by molar-refractivity contribution is 5.94. The fourth-order valence-corrected chi connectivity index (χ4v) is 1.96. The van der Waals surface area contributed by atoms with Crippen LogP contribution in [-0.4, -0.2) is 22.2 Å². The Hall–Kier alpha value is -2.58. The number of hydrogen-bond donors (Lipinski definition) is 2. The van der Waals surface area contributed by atoms with Crippen LogP contribution < -0.4 is 11.1 Å². The van der Waals surface area contributed by atoms with Crippen molar-refractivity contribution in [1.82, 2.24) is 15.1 Å². The minimum absolute atomic E-state index is 0.118. The second-order valence-corrected chi connectivity index (χ2v) is 4.69. The minimum Gasteiger partial charge on any atom is -0.348 e. The van der Waals surface area contributed by atoms with E-state index in [-0.39, 0.29) is 5.91 Å². The smallest absolute Gasteiger partial charge is 0.255 e. The summed E-state index contributed by atoms with van der Waals surface area (Å²) in [7, 11) is 1.80. The molecule has 1 aromatic heterocycles.